The molecule has 0 aliphatic heterocycles. The third-order valence-electron chi connectivity index (χ3n) is 5.61. The van der Waals surface area contributed by atoms with Crippen molar-refractivity contribution in [2.45, 2.75) is 109 Å². The third kappa shape index (κ3) is 11.0. The molecule has 1 saturated carbocycles. The van der Waals surface area contributed by atoms with Crippen LogP contribution >= 0.6 is 0 Å². The number of ether oxygens (including phenoxy) is 2. The number of rotatable bonds is 13. The lowest BCUT2D eigenvalue weighted by molar-refractivity contribution is -0.170. The maximum absolute atomic E-state index is 12.4. The molecule has 0 N–H and O–H groups in total. The lowest BCUT2D eigenvalue weighted by Crippen LogP contribution is -2.47. The molecule has 31 heavy (non-hydrogen) atoms. The van der Waals surface area contributed by atoms with Crippen LogP contribution < -0.4 is 0 Å². The van der Waals surface area contributed by atoms with Crippen molar-refractivity contribution in [3.05, 3.63) is 12.7 Å². The number of carbonyl (C=O) groups excluding carboxylic acids is 2. The Kier molecular flexibility index (Phi) is 11.8. The number of hydrogen-bond acceptors (Lipinski definition) is 6. The number of hydrogen-bond donors (Lipinski definition) is 0. The predicted molar refractivity (Wildman–Crippen MR) is 129 cm³/mol. The van der Waals surface area contributed by atoms with Crippen LogP contribution in [-0.4, -0.2) is 49.5 Å². The molecule has 0 bridgehead atoms. The van der Waals surface area contributed by atoms with Crippen LogP contribution in [0.5, 0.6) is 0 Å². The van der Waals surface area contributed by atoms with Gasteiger partial charge in [-0.05, 0) is 69.9 Å². The average molecular weight is 487 g/mol. The Labute approximate surface area is 192 Å². The largest absolute Gasteiger partial charge is 0.458 e. The maximum atomic E-state index is 12.4. The molecule has 6 nitrogen and oxygen atoms in total. The van der Waals surface area contributed by atoms with Crippen LogP contribution in [0.25, 0.3) is 0 Å². The highest BCUT2D eigenvalue weighted by Gasteiger charge is 2.39. The van der Waals surface area contributed by atoms with E-state index in [1.165, 1.54) is 0 Å². The van der Waals surface area contributed by atoms with Gasteiger partial charge in [-0.2, -0.15) is 0 Å². The van der Waals surface area contributed by atoms with E-state index in [-0.39, 0.29) is 5.97 Å². The summed E-state index contributed by atoms with van der Waals surface area (Å²) < 4.78 is 30.2. The smallest absolute Gasteiger partial charge is 0.330 e. The summed E-state index contributed by atoms with van der Waals surface area (Å²) in [5.74, 6) is -0.353. The molecule has 0 aromatic heterocycles. The van der Waals surface area contributed by atoms with Gasteiger partial charge in [-0.25, -0.2) is 4.79 Å². The summed E-state index contributed by atoms with van der Waals surface area (Å²) >= 11 is 0. The Bertz CT molecular complexity index is 633. The number of esters is 2. The number of carbonyl (C=O) groups is 2. The highest BCUT2D eigenvalue weighted by Crippen LogP contribution is 2.35. The molecule has 0 saturated heterocycles. The fourth-order valence-corrected chi connectivity index (χ4v) is 17.6. The summed E-state index contributed by atoms with van der Waals surface area (Å²) in [6, 6.07) is 1.69. The van der Waals surface area contributed by atoms with Crippen molar-refractivity contribution in [3.63, 3.8) is 0 Å². The molecule has 0 radical (unpaired) electrons. The van der Waals surface area contributed by atoms with E-state index in [1.807, 2.05) is 13.8 Å². The first kappa shape index (κ1) is 28.1. The van der Waals surface area contributed by atoms with Crippen molar-refractivity contribution in [1.82, 2.24) is 0 Å². The maximum Gasteiger partial charge on any atom is 0.330 e. The van der Waals surface area contributed by atoms with Crippen LogP contribution in [0.15, 0.2) is 12.7 Å². The summed E-state index contributed by atoms with van der Waals surface area (Å²) in [5, 5.41) is 0. The van der Waals surface area contributed by atoms with Gasteiger partial charge >= 0.3 is 11.9 Å². The van der Waals surface area contributed by atoms with Crippen LogP contribution in [0.4, 0.5) is 0 Å². The molecule has 0 aromatic carbocycles. The van der Waals surface area contributed by atoms with Crippen molar-refractivity contribution in [1.29, 1.82) is 0 Å². The van der Waals surface area contributed by atoms with Crippen molar-refractivity contribution >= 4 is 37.3 Å². The summed E-state index contributed by atoms with van der Waals surface area (Å²) in [7, 11) is -5.41. The Morgan fingerprint density at radius 2 is 1.77 bits per heavy atom. The molecule has 1 rings (SSSR count). The summed E-state index contributed by atoms with van der Waals surface area (Å²) in [6.07, 6.45) is 4.67. The van der Waals surface area contributed by atoms with Gasteiger partial charge in [0.25, 0.3) is 8.68 Å². The van der Waals surface area contributed by atoms with E-state index in [0.29, 0.717) is 25.2 Å². The monoisotopic (exact) mass is 486 g/mol. The van der Waals surface area contributed by atoms with E-state index in [4.69, 9.17) is 13.6 Å². The lowest BCUT2D eigenvalue weighted by Gasteiger charge is -2.38. The molecule has 178 valence electrons. The first-order valence-electron chi connectivity index (χ1n) is 11.7. The second kappa shape index (κ2) is 13.0. The minimum absolute atomic E-state index is 0.237. The molecular weight excluding hydrogens is 444 g/mol. The Balaban J connectivity index is 2.82. The third-order valence-corrected chi connectivity index (χ3v) is 16.7. The van der Waals surface area contributed by atoms with E-state index in [2.05, 4.69) is 32.8 Å². The predicted octanol–water partition coefficient (Wildman–Crippen LogP) is 5.39. The second-order valence-electron chi connectivity index (χ2n) is 9.91. The van der Waals surface area contributed by atoms with Gasteiger partial charge in [-0.3, -0.25) is 4.79 Å². The molecule has 0 amide bonds. The summed E-state index contributed by atoms with van der Waals surface area (Å²) in [6.45, 7) is 16.2. The summed E-state index contributed by atoms with van der Waals surface area (Å²) in [4.78, 5) is 23.8. The standard InChI is InChI=1S/C22H42O6Si3/c1-8-11-22(24)26-19-13-12-18(16-20(19)27-21(23)9-2)14-15-31(7,17-29(25)10-3)28-30(4,5)6/h9,18-20H,2,8,10-17H2,1,3-7H3. The van der Waals surface area contributed by atoms with Crippen LogP contribution in [0.1, 0.15) is 52.4 Å². The van der Waals surface area contributed by atoms with Gasteiger partial charge in [0, 0.05) is 18.2 Å². The topological polar surface area (TPSA) is 78.9 Å². The van der Waals surface area contributed by atoms with Gasteiger partial charge in [0.1, 0.15) is 12.2 Å². The zero-order valence-corrected chi connectivity index (χ0v) is 23.3. The van der Waals surface area contributed by atoms with Crippen molar-refractivity contribution in [2.75, 3.05) is 0 Å². The molecule has 0 heterocycles. The SMILES string of the molecule is C=CC(=O)OC1CC(CC[Si](C)(C[Si](=O)CC)O[Si](C)(C)C)CCC1OC(=O)CCC. The molecule has 1 fully saturated rings. The normalized spacial score (nSPS) is 23.5. The quantitative estimate of drug-likeness (QED) is 0.197. The molecule has 4 unspecified atom stereocenters. The van der Waals surface area contributed by atoms with E-state index in [9.17, 15) is 14.1 Å². The Hall–Kier alpha value is -0.909. The highest BCUT2D eigenvalue weighted by atomic mass is 28.4. The fourth-order valence-electron chi connectivity index (χ4n) is 4.30. The van der Waals surface area contributed by atoms with Gasteiger partial charge in [-0.1, -0.05) is 26.8 Å². The van der Waals surface area contributed by atoms with Crippen LogP contribution in [-0.2, 0) is 27.6 Å². The lowest BCUT2D eigenvalue weighted by atomic mass is 9.83. The molecule has 4 atom stereocenters. The van der Waals surface area contributed by atoms with Crippen LogP contribution in [0.2, 0.25) is 43.9 Å². The van der Waals surface area contributed by atoms with Gasteiger partial charge in [0.05, 0.1) is 0 Å². The van der Waals surface area contributed by atoms with Gasteiger partial charge in [0.2, 0.25) is 0 Å². The molecule has 9 heteroatoms. The first-order valence-corrected chi connectivity index (χ1v) is 19.7. The fraction of sp³-hybridized carbons (Fsp3) is 0.818. The zero-order valence-electron chi connectivity index (χ0n) is 20.3. The first-order chi connectivity index (χ1) is 14.4. The van der Waals surface area contributed by atoms with Gasteiger partial charge < -0.3 is 18.1 Å². The summed E-state index contributed by atoms with van der Waals surface area (Å²) in [5.41, 5.74) is 0.747. The molecule has 0 spiro atoms. The van der Waals surface area contributed by atoms with Crippen LogP contribution in [0, 0.1) is 5.92 Å². The van der Waals surface area contributed by atoms with Crippen molar-refractivity contribution in [2.24, 2.45) is 5.92 Å². The minimum Gasteiger partial charge on any atom is -0.458 e. The van der Waals surface area contributed by atoms with E-state index >= 15 is 0 Å². The van der Waals surface area contributed by atoms with Crippen molar-refractivity contribution < 1.29 is 27.6 Å². The molecule has 0 aromatic rings. The second-order valence-corrected chi connectivity index (χ2v) is 21.5. The average Bonchev–Trinajstić information content (AvgIpc) is 2.66. The zero-order chi connectivity index (χ0) is 23.7. The van der Waals surface area contributed by atoms with E-state index in [1.54, 1.807) is 0 Å². The van der Waals surface area contributed by atoms with E-state index < -0.39 is 43.5 Å². The van der Waals surface area contributed by atoms with Crippen molar-refractivity contribution in [3.8, 4) is 0 Å². The van der Waals surface area contributed by atoms with E-state index in [0.717, 1.165) is 43.1 Å². The highest BCUT2D eigenvalue weighted by molar-refractivity contribution is 6.89. The Morgan fingerprint density at radius 3 is 2.32 bits per heavy atom. The van der Waals surface area contributed by atoms with Gasteiger partial charge in [0.15, 0.2) is 16.6 Å². The molecular formula is C22H42O6Si3. The Morgan fingerprint density at radius 1 is 1.10 bits per heavy atom. The molecule has 1 aliphatic rings. The molecule has 1 aliphatic carbocycles. The minimum atomic E-state index is -2.08. The van der Waals surface area contributed by atoms with Crippen LogP contribution in [0.3, 0.4) is 0 Å². The van der Waals surface area contributed by atoms with Gasteiger partial charge in [-0.15, -0.1) is 0 Å².